The molecule has 0 aromatic heterocycles. The van der Waals surface area contributed by atoms with Crippen molar-refractivity contribution in [3.8, 4) is 11.5 Å². The van der Waals surface area contributed by atoms with Gasteiger partial charge < -0.3 is 9.47 Å². The molecule has 23 heavy (non-hydrogen) atoms. The molecule has 6 nitrogen and oxygen atoms in total. The lowest BCUT2D eigenvalue weighted by molar-refractivity contribution is -0.384. The van der Waals surface area contributed by atoms with E-state index in [9.17, 15) is 19.3 Å². The van der Waals surface area contributed by atoms with Crippen molar-refractivity contribution in [3.05, 3.63) is 64.0 Å². The van der Waals surface area contributed by atoms with Gasteiger partial charge in [0.25, 0.3) is 5.69 Å². The predicted molar refractivity (Wildman–Crippen MR) is 77.9 cm³/mol. The Morgan fingerprint density at radius 2 is 2.00 bits per heavy atom. The third-order valence-corrected chi connectivity index (χ3v) is 3.50. The van der Waals surface area contributed by atoms with Gasteiger partial charge in [-0.15, -0.1) is 0 Å². The predicted octanol–water partition coefficient (Wildman–Crippen LogP) is 3.03. The van der Waals surface area contributed by atoms with E-state index in [4.69, 9.17) is 9.47 Å². The van der Waals surface area contributed by atoms with Gasteiger partial charge in [-0.05, 0) is 48.7 Å². The second kappa shape index (κ2) is 6.04. The summed E-state index contributed by atoms with van der Waals surface area (Å²) in [6.07, 6.45) is 0.0956. The van der Waals surface area contributed by atoms with Crippen LogP contribution < -0.4 is 9.47 Å². The molecule has 118 valence electrons. The van der Waals surface area contributed by atoms with Crippen molar-refractivity contribution in [2.45, 2.75) is 18.9 Å². The van der Waals surface area contributed by atoms with Gasteiger partial charge in [-0.2, -0.15) is 0 Å². The average molecular weight is 317 g/mol. The molecule has 1 aliphatic rings. The fourth-order valence-electron chi connectivity index (χ4n) is 2.34. The molecular weight excluding hydrogens is 305 g/mol. The fourth-order valence-corrected chi connectivity index (χ4v) is 2.34. The van der Waals surface area contributed by atoms with Crippen molar-refractivity contribution in [2.75, 3.05) is 0 Å². The third-order valence-electron chi connectivity index (χ3n) is 3.50. The summed E-state index contributed by atoms with van der Waals surface area (Å²) in [5.41, 5.74) is 0.624. The molecule has 2 aromatic rings. The van der Waals surface area contributed by atoms with Crippen LogP contribution in [0.3, 0.4) is 0 Å². The first-order valence-electron chi connectivity index (χ1n) is 6.94. The fraction of sp³-hybridized carbons (Fsp3) is 0.188. The standard InChI is InChI=1S/C16H12FNO5/c17-11-2-8-14-10(9-11)1-7-15(23-14)16(19)22-13-5-3-12(4-6-13)18(20)21/h2-6,8-9,15H,1,7H2. The molecule has 1 atom stereocenters. The molecule has 1 unspecified atom stereocenters. The Morgan fingerprint density at radius 1 is 1.26 bits per heavy atom. The molecular formula is C16H12FNO5. The Bertz CT molecular complexity index is 760. The van der Waals surface area contributed by atoms with E-state index in [0.717, 1.165) is 0 Å². The van der Waals surface area contributed by atoms with Crippen molar-refractivity contribution >= 4 is 11.7 Å². The number of nitrogens with zero attached hydrogens (tertiary/aromatic N) is 1. The van der Waals surface area contributed by atoms with E-state index in [1.807, 2.05) is 0 Å². The van der Waals surface area contributed by atoms with E-state index < -0.39 is 17.0 Å². The lowest BCUT2D eigenvalue weighted by Gasteiger charge is -2.24. The first-order chi connectivity index (χ1) is 11.0. The van der Waals surface area contributed by atoms with Crippen molar-refractivity contribution in [1.29, 1.82) is 0 Å². The van der Waals surface area contributed by atoms with Gasteiger partial charge in [-0.3, -0.25) is 10.1 Å². The molecule has 1 heterocycles. The maximum absolute atomic E-state index is 13.1. The maximum Gasteiger partial charge on any atom is 0.352 e. The molecule has 2 aromatic carbocycles. The minimum Gasteiger partial charge on any atom is -0.478 e. The number of ether oxygens (including phenoxy) is 2. The Kier molecular flexibility index (Phi) is 3.92. The monoisotopic (exact) mass is 317 g/mol. The molecule has 0 aliphatic carbocycles. The number of benzene rings is 2. The Balaban J connectivity index is 1.67. The molecule has 0 radical (unpaired) electrons. The maximum atomic E-state index is 13.1. The summed E-state index contributed by atoms with van der Waals surface area (Å²) >= 11 is 0. The zero-order chi connectivity index (χ0) is 16.4. The Hall–Kier alpha value is -2.96. The topological polar surface area (TPSA) is 78.7 Å². The van der Waals surface area contributed by atoms with E-state index >= 15 is 0 Å². The highest BCUT2D eigenvalue weighted by atomic mass is 19.1. The minimum absolute atomic E-state index is 0.0883. The molecule has 0 saturated carbocycles. The lowest BCUT2D eigenvalue weighted by atomic mass is 10.0. The molecule has 1 aliphatic heterocycles. The van der Waals surface area contributed by atoms with Gasteiger partial charge in [0.05, 0.1) is 4.92 Å². The normalized spacial score (nSPS) is 16.1. The van der Waals surface area contributed by atoms with Crippen molar-refractivity contribution in [2.24, 2.45) is 0 Å². The third kappa shape index (κ3) is 3.28. The van der Waals surface area contributed by atoms with Crippen LogP contribution >= 0.6 is 0 Å². The zero-order valence-corrected chi connectivity index (χ0v) is 11.9. The summed E-state index contributed by atoms with van der Waals surface area (Å²) < 4.78 is 23.8. The largest absolute Gasteiger partial charge is 0.478 e. The van der Waals surface area contributed by atoms with Crippen LogP contribution in [0.5, 0.6) is 11.5 Å². The number of fused-ring (bicyclic) bond motifs is 1. The van der Waals surface area contributed by atoms with Gasteiger partial charge in [0.1, 0.15) is 17.3 Å². The van der Waals surface area contributed by atoms with Crippen LogP contribution in [0.25, 0.3) is 0 Å². The summed E-state index contributed by atoms with van der Waals surface area (Å²) in [4.78, 5) is 22.1. The number of halogens is 1. The number of carbonyl (C=O) groups excluding carboxylic acids is 1. The van der Waals surface area contributed by atoms with Crippen molar-refractivity contribution < 1.29 is 23.6 Å². The highest BCUT2D eigenvalue weighted by molar-refractivity contribution is 5.78. The van der Waals surface area contributed by atoms with Gasteiger partial charge in [0.2, 0.25) is 0 Å². The SMILES string of the molecule is O=C(Oc1ccc([N+](=O)[O-])cc1)C1CCc2cc(F)ccc2O1. The quantitative estimate of drug-likeness (QED) is 0.376. The highest BCUT2D eigenvalue weighted by Crippen LogP contribution is 2.29. The van der Waals surface area contributed by atoms with E-state index in [1.165, 1.54) is 42.5 Å². The van der Waals surface area contributed by atoms with Crippen LogP contribution in [0.4, 0.5) is 10.1 Å². The zero-order valence-electron chi connectivity index (χ0n) is 11.9. The van der Waals surface area contributed by atoms with Gasteiger partial charge in [-0.1, -0.05) is 0 Å². The number of esters is 1. The van der Waals surface area contributed by atoms with Crippen LogP contribution in [-0.2, 0) is 11.2 Å². The summed E-state index contributed by atoms with van der Waals surface area (Å²) in [5.74, 6) is -0.273. The summed E-state index contributed by atoms with van der Waals surface area (Å²) in [6, 6.07) is 9.33. The molecule has 0 amide bonds. The second-order valence-corrected chi connectivity index (χ2v) is 5.07. The number of carbonyl (C=O) groups is 1. The molecule has 0 spiro atoms. The second-order valence-electron chi connectivity index (χ2n) is 5.07. The molecule has 0 fully saturated rings. The number of non-ortho nitro benzene ring substituents is 1. The molecule has 0 bridgehead atoms. The smallest absolute Gasteiger partial charge is 0.352 e. The Labute approximate surface area is 130 Å². The minimum atomic E-state index is -0.789. The number of rotatable bonds is 3. The number of hydrogen-bond acceptors (Lipinski definition) is 5. The van der Waals surface area contributed by atoms with Gasteiger partial charge >= 0.3 is 5.97 Å². The first kappa shape index (κ1) is 15.0. The first-order valence-corrected chi connectivity index (χ1v) is 6.94. The number of nitro groups is 1. The highest BCUT2D eigenvalue weighted by Gasteiger charge is 2.28. The number of nitro benzene ring substituents is 1. The summed E-state index contributed by atoms with van der Waals surface area (Å²) in [7, 11) is 0. The number of aryl methyl sites for hydroxylation is 1. The van der Waals surface area contributed by atoms with Gasteiger partial charge in [-0.25, -0.2) is 9.18 Å². The Morgan fingerprint density at radius 3 is 2.70 bits per heavy atom. The summed E-state index contributed by atoms with van der Waals surface area (Å²) in [5, 5.41) is 10.6. The molecule has 0 saturated heterocycles. The lowest BCUT2D eigenvalue weighted by Crippen LogP contribution is -2.34. The van der Waals surface area contributed by atoms with E-state index in [-0.39, 0.29) is 17.3 Å². The summed E-state index contributed by atoms with van der Waals surface area (Å²) in [6.45, 7) is 0. The average Bonchev–Trinajstić information content (AvgIpc) is 2.54. The molecule has 7 heteroatoms. The van der Waals surface area contributed by atoms with E-state index in [1.54, 1.807) is 0 Å². The number of hydrogen-bond donors (Lipinski definition) is 0. The van der Waals surface area contributed by atoms with Crippen molar-refractivity contribution in [1.82, 2.24) is 0 Å². The van der Waals surface area contributed by atoms with E-state index in [2.05, 4.69) is 0 Å². The van der Waals surface area contributed by atoms with Gasteiger partial charge in [0, 0.05) is 12.1 Å². The molecule has 0 N–H and O–H groups in total. The van der Waals surface area contributed by atoms with Gasteiger partial charge in [0.15, 0.2) is 6.10 Å². The van der Waals surface area contributed by atoms with Crippen molar-refractivity contribution in [3.63, 3.8) is 0 Å². The van der Waals surface area contributed by atoms with E-state index in [0.29, 0.717) is 24.2 Å². The van der Waals surface area contributed by atoms with Crippen LogP contribution in [0, 0.1) is 15.9 Å². The van der Waals surface area contributed by atoms with Crippen LogP contribution in [0.1, 0.15) is 12.0 Å². The van der Waals surface area contributed by atoms with Crippen LogP contribution in [0.15, 0.2) is 42.5 Å². The molecule has 3 rings (SSSR count). The van der Waals surface area contributed by atoms with Crippen LogP contribution in [0.2, 0.25) is 0 Å². The van der Waals surface area contributed by atoms with Crippen LogP contribution in [-0.4, -0.2) is 17.0 Å².